The Kier molecular flexibility index (Phi) is 4.86. The van der Waals surface area contributed by atoms with Crippen LogP contribution in [-0.2, 0) is 0 Å². The van der Waals surface area contributed by atoms with Gasteiger partial charge >= 0.3 is 0 Å². The van der Waals surface area contributed by atoms with Crippen LogP contribution in [0.5, 0.6) is 11.5 Å². The van der Waals surface area contributed by atoms with E-state index in [4.69, 9.17) is 11.6 Å². The van der Waals surface area contributed by atoms with E-state index in [1.807, 2.05) is 24.3 Å². The van der Waals surface area contributed by atoms with Gasteiger partial charge < -0.3 is 10.2 Å². The van der Waals surface area contributed by atoms with Crippen LogP contribution in [0.4, 0.5) is 5.69 Å². The fourth-order valence-corrected chi connectivity index (χ4v) is 4.43. The zero-order chi connectivity index (χ0) is 19.0. The first-order valence-corrected chi connectivity index (χ1v) is 9.91. The number of rotatable bonds is 3. The fourth-order valence-electron chi connectivity index (χ4n) is 2.60. The van der Waals surface area contributed by atoms with Gasteiger partial charge in [-0.2, -0.15) is 0 Å². The number of fused-ring (bicyclic) bond motifs is 1. The summed E-state index contributed by atoms with van der Waals surface area (Å²) in [6, 6.07) is 16.3. The summed E-state index contributed by atoms with van der Waals surface area (Å²) in [6.45, 7) is 0. The molecule has 2 N–H and O–H groups in total. The SMILES string of the molecule is Oc1cc(N=Cc2cc(Br)cc(Cl)c2O)ccc1-c1nc2ccccc2s1. The molecule has 0 bridgehead atoms. The van der Waals surface area contributed by atoms with E-state index >= 15 is 0 Å². The summed E-state index contributed by atoms with van der Waals surface area (Å²) < 4.78 is 1.80. The summed E-state index contributed by atoms with van der Waals surface area (Å²) in [7, 11) is 0. The van der Waals surface area contributed by atoms with Crippen LogP contribution < -0.4 is 0 Å². The number of hydrogen-bond donors (Lipinski definition) is 2. The molecule has 0 unspecified atom stereocenters. The number of aromatic nitrogens is 1. The lowest BCUT2D eigenvalue weighted by Gasteiger charge is -2.04. The molecule has 0 amide bonds. The van der Waals surface area contributed by atoms with Crippen molar-refractivity contribution in [3.05, 3.63) is 69.7 Å². The molecule has 0 fully saturated rings. The van der Waals surface area contributed by atoms with Gasteiger partial charge in [0.15, 0.2) is 0 Å². The van der Waals surface area contributed by atoms with Gasteiger partial charge in [-0.3, -0.25) is 4.99 Å². The number of nitrogens with zero attached hydrogens (tertiary/aromatic N) is 2. The normalized spacial score (nSPS) is 11.5. The molecule has 1 heterocycles. The average Bonchev–Trinajstić information content (AvgIpc) is 3.07. The van der Waals surface area contributed by atoms with Gasteiger partial charge in [-0.25, -0.2) is 4.98 Å². The molecule has 0 aliphatic carbocycles. The Bertz CT molecular complexity index is 1160. The second-order valence-corrected chi connectivity index (χ2v) is 8.13. The summed E-state index contributed by atoms with van der Waals surface area (Å²) in [4.78, 5) is 8.88. The van der Waals surface area contributed by atoms with E-state index in [2.05, 4.69) is 25.9 Å². The van der Waals surface area contributed by atoms with Crippen molar-refractivity contribution < 1.29 is 10.2 Å². The summed E-state index contributed by atoms with van der Waals surface area (Å²) >= 11 is 10.8. The molecule has 0 spiro atoms. The van der Waals surface area contributed by atoms with Gasteiger partial charge in [0.25, 0.3) is 0 Å². The van der Waals surface area contributed by atoms with Crippen LogP contribution in [0.1, 0.15) is 5.56 Å². The highest BCUT2D eigenvalue weighted by atomic mass is 79.9. The van der Waals surface area contributed by atoms with Crippen LogP contribution in [0.15, 0.2) is 64.1 Å². The van der Waals surface area contributed by atoms with Crippen molar-refractivity contribution in [2.24, 2.45) is 4.99 Å². The van der Waals surface area contributed by atoms with E-state index in [9.17, 15) is 10.2 Å². The van der Waals surface area contributed by atoms with Crippen molar-refractivity contribution in [1.82, 2.24) is 4.98 Å². The predicted molar refractivity (Wildman–Crippen MR) is 115 cm³/mol. The molecule has 0 saturated carbocycles. The number of halogens is 2. The number of hydrogen-bond acceptors (Lipinski definition) is 5. The Labute approximate surface area is 172 Å². The van der Waals surface area contributed by atoms with Gasteiger partial charge in [0.2, 0.25) is 0 Å². The maximum absolute atomic E-state index is 10.4. The Hall–Kier alpha value is -2.41. The number of aliphatic imine (C=N–C) groups is 1. The summed E-state index contributed by atoms with van der Waals surface area (Å²) in [5.41, 5.74) is 2.58. The first-order valence-electron chi connectivity index (χ1n) is 7.92. The molecule has 4 aromatic rings. The van der Waals surface area contributed by atoms with Crippen molar-refractivity contribution in [2.45, 2.75) is 0 Å². The number of para-hydroxylation sites is 1. The van der Waals surface area contributed by atoms with Crippen molar-refractivity contribution in [3.63, 3.8) is 0 Å². The zero-order valence-corrected chi connectivity index (χ0v) is 16.9. The third-order valence-electron chi connectivity index (χ3n) is 3.92. The van der Waals surface area contributed by atoms with Crippen LogP contribution in [0.25, 0.3) is 20.8 Å². The van der Waals surface area contributed by atoms with Gasteiger partial charge in [0, 0.05) is 22.3 Å². The van der Waals surface area contributed by atoms with Gasteiger partial charge in [-0.1, -0.05) is 39.7 Å². The van der Waals surface area contributed by atoms with E-state index in [-0.39, 0.29) is 16.5 Å². The van der Waals surface area contributed by atoms with Gasteiger partial charge in [-0.05, 0) is 36.4 Å². The minimum absolute atomic E-state index is 0.0427. The highest BCUT2D eigenvalue weighted by Crippen LogP contribution is 2.37. The maximum atomic E-state index is 10.4. The standard InChI is InChI=1S/C20H12BrClN2O2S/c21-12-7-11(19(26)15(22)8-12)10-23-13-5-6-14(17(25)9-13)20-24-16-3-1-2-4-18(16)27-20/h1-10,25-26H. The third-order valence-corrected chi connectivity index (χ3v) is 5.73. The topological polar surface area (TPSA) is 65.7 Å². The number of thiazole rings is 1. The van der Waals surface area contributed by atoms with E-state index in [1.54, 1.807) is 30.3 Å². The first-order chi connectivity index (χ1) is 13.0. The van der Waals surface area contributed by atoms with Crippen molar-refractivity contribution >= 4 is 61.0 Å². The highest BCUT2D eigenvalue weighted by Gasteiger charge is 2.11. The molecule has 134 valence electrons. The molecular formula is C20H12BrClN2O2S. The molecule has 0 atom stereocenters. The molecule has 1 aromatic heterocycles. The molecule has 0 saturated heterocycles. The van der Waals surface area contributed by atoms with Crippen LogP contribution in [0.2, 0.25) is 5.02 Å². The van der Waals surface area contributed by atoms with E-state index in [0.717, 1.165) is 19.7 Å². The van der Waals surface area contributed by atoms with E-state index < -0.39 is 0 Å². The second-order valence-electron chi connectivity index (χ2n) is 5.77. The maximum Gasteiger partial charge on any atom is 0.143 e. The van der Waals surface area contributed by atoms with Crippen molar-refractivity contribution in [2.75, 3.05) is 0 Å². The zero-order valence-electron chi connectivity index (χ0n) is 13.7. The number of phenolic OH excluding ortho intramolecular Hbond substituents is 2. The molecule has 7 heteroatoms. The molecule has 0 aliphatic rings. The van der Waals surface area contributed by atoms with Crippen LogP contribution in [-0.4, -0.2) is 21.4 Å². The fraction of sp³-hybridized carbons (Fsp3) is 0. The molecule has 3 aromatic carbocycles. The van der Waals surface area contributed by atoms with E-state index in [0.29, 0.717) is 16.8 Å². The molecule has 4 nitrogen and oxygen atoms in total. The second kappa shape index (κ2) is 7.31. The molecule has 0 aliphatic heterocycles. The molecular weight excluding hydrogens is 448 g/mol. The lowest BCUT2D eigenvalue weighted by atomic mass is 10.2. The quantitative estimate of drug-likeness (QED) is 0.342. The van der Waals surface area contributed by atoms with Crippen LogP contribution in [0.3, 0.4) is 0 Å². The first kappa shape index (κ1) is 18.0. The Morgan fingerprint density at radius 2 is 1.89 bits per heavy atom. The summed E-state index contributed by atoms with van der Waals surface area (Å²) in [5.74, 6) is 0.0548. The van der Waals surface area contributed by atoms with E-state index in [1.165, 1.54) is 17.6 Å². The largest absolute Gasteiger partial charge is 0.507 e. The Morgan fingerprint density at radius 3 is 2.67 bits per heavy atom. The average molecular weight is 460 g/mol. The van der Waals surface area contributed by atoms with Gasteiger partial charge in [0.1, 0.15) is 16.5 Å². The minimum Gasteiger partial charge on any atom is -0.507 e. The van der Waals surface area contributed by atoms with Crippen molar-refractivity contribution in [3.8, 4) is 22.1 Å². The lowest BCUT2D eigenvalue weighted by molar-refractivity contribution is 0.474. The predicted octanol–water partition coefficient (Wildman–Crippen LogP) is 6.54. The summed E-state index contributed by atoms with van der Waals surface area (Å²) in [6.07, 6.45) is 1.50. The Morgan fingerprint density at radius 1 is 1.07 bits per heavy atom. The molecule has 0 radical (unpaired) electrons. The number of phenols is 2. The number of aromatic hydroxyl groups is 2. The smallest absolute Gasteiger partial charge is 0.143 e. The van der Waals surface area contributed by atoms with Crippen LogP contribution >= 0.6 is 38.9 Å². The Balaban J connectivity index is 1.66. The highest BCUT2D eigenvalue weighted by molar-refractivity contribution is 9.10. The summed E-state index contributed by atoms with van der Waals surface area (Å²) in [5, 5.41) is 21.4. The molecule has 27 heavy (non-hydrogen) atoms. The van der Waals surface area contributed by atoms with Crippen LogP contribution in [0, 0.1) is 0 Å². The van der Waals surface area contributed by atoms with Gasteiger partial charge in [0.05, 0.1) is 26.5 Å². The minimum atomic E-state index is -0.0427. The number of benzene rings is 3. The monoisotopic (exact) mass is 458 g/mol. The van der Waals surface area contributed by atoms with Crippen molar-refractivity contribution in [1.29, 1.82) is 0 Å². The van der Waals surface area contributed by atoms with Gasteiger partial charge in [-0.15, -0.1) is 11.3 Å². The third kappa shape index (κ3) is 3.69. The lowest BCUT2D eigenvalue weighted by Crippen LogP contribution is -1.84. The molecule has 4 rings (SSSR count).